The summed E-state index contributed by atoms with van der Waals surface area (Å²) in [6.07, 6.45) is 0. The van der Waals surface area contributed by atoms with E-state index in [0.29, 0.717) is 11.4 Å². The molecule has 0 aliphatic carbocycles. The van der Waals surface area contributed by atoms with Gasteiger partial charge in [0, 0.05) is 10.0 Å². The molecule has 1 N–H and O–H groups in total. The fourth-order valence-corrected chi connectivity index (χ4v) is 3.17. The summed E-state index contributed by atoms with van der Waals surface area (Å²) in [7, 11) is 0. The highest BCUT2D eigenvalue weighted by molar-refractivity contribution is 9.10. The van der Waals surface area contributed by atoms with Crippen molar-refractivity contribution in [3.8, 4) is 0 Å². The van der Waals surface area contributed by atoms with E-state index in [4.69, 9.17) is 0 Å². The zero-order valence-corrected chi connectivity index (χ0v) is 16.4. The van der Waals surface area contributed by atoms with Crippen LogP contribution in [0.2, 0.25) is 0 Å². The van der Waals surface area contributed by atoms with E-state index >= 15 is 0 Å². The van der Waals surface area contributed by atoms with Crippen LogP contribution in [0.5, 0.6) is 0 Å². The second-order valence-corrected chi connectivity index (χ2v) is 7.23. The Kier molecular flexibility index (Phi) is 5.23. The molecule has 1 heterocycles. The number of amides is 1. The summed E-state index contributed by atoms with van der Waals surface area (Å²) in [6.45, 7) is 5.29. The monoisotopic (exact) mass is 413 g/mol. The number of nitrogens with zero attached hydrogens (tertiary/aromatic N) is 2. The molecule has 0 spiro atoms. The molecular formula is C20H20BrN3O2. The van der Waals surface area contributed by atoms with Crippen molar-refractivity contribution in [1.82, 2.24) is 14.9 Å². The quantitative estimate of drug-likeness (QED) is 0.672. The van der Waals surface area contributed by atoms with E-state index in [9.17, 15) is 9.59 Å². The maximum atomic E-state index is 12.5. The summed E-state index contributed by atoms with van der Waals surface area (Å²) in [5, 5.41) is 2.98. The average molecular weight is 414 g/mol. The van der Waals surface area contributed by atoms with Gasteiger partial charge in [0.1, 0.15) is 5.82 Å². The molecule has 6 heteroatoms. The molecular weight excluding hydrogens is 394 g/mol. The Morgan fingerprint density at radius 2 is 1.73 bits per heavy atom. The molecule has 0 aliphatic rings. The number of fused-ring (bicyclic) bond motifs is 1. The number of para-hydroxylation sites is 2. The van der Waals surface area contributed by atoms with Gasteiger partial charge >= 0.3 is 0 Å². The molecule has 2 aromatic carbocycles. The van der Waals surface area contributed by atoms with Crippen LogP contribution < -0.4 is 5.32 Å². The van der Waals surface area contributed by atoms with Gasteiger partial charge in [0.15, 0.2) is 5.78 Å². The Morgan fingerprint density at radius 3 is 2.38 bits per heavy atom. The van der Waals surface area contributed by atoms with Gasteiger partial charge in [-0.2, -0.15) is 0 Å². The number of hydrogen-bond acceptors (Lipinski definition) is 3. The third-order valence-corrected chi connectivity index (χ3v) is 4.97. The zero-order chi connectivity index (χ0) is 18.8. The van der Waals surface area contributed by atoms with Crippen molar-refractivity contribution in [2.75, 3.05) is 0 Å². The van der Waals surface area contributed by atoms with E-state index in [1.165, 1.54) is 0 Å². The number of carbonyl (C=O) groups excluding carboxylic acids is 2. The molecule has 2 atom stereocenters. The highest BCUT2D eigenvalue weighted by Crippen LogP contribution is 2.26. The molecule has 0 fully saturated rings. The van der Waals surface area contributed by atoms with Gasteiger partial charge in [0.05, 0.1) is 23.1 Å². The molecule has 5 nitrogen and oxygen atoms in total. The Labute approximate surface area is 160 Å². The molecule has 0 radical (unpaired) electrons. The molecule has 3 rings (SSSR count). The number of nitrogens with one attached hydrogen (secondary N) is 1. The molecule has 0 aliphatic heterocycles. The predicted molar refractivity (Wildman–Crippen MR) is 105 cm³/mol. The number of carbonyl (C=O) groups is 2. The summed E-state index contributed by atoms with van der Waals surface area (Å²) < 4.78 is 2.82. The molecule has 0 saturated heterocycles. The fourth-order valence-electron chi connectivity index (χ4n) is 2.90. The number of halogens is 1. The van der Waals surface area contributed by atoms with E-state index in [-0.39, 0.29) is 23.8 Å². The fraction of sp³-hybridized carbons (Fsp3) is 0.250. The number of ketones is 1. The van der Waals surface area contributed by atoms with E-state index in [2.05, 4.69) is 26.2 Å². The van der Waals surface area contributed by atoms with Gasteiger partial charge in [-0.05, 0) is 57.2 Å². The SMILES string of the molecule is CC(=O)C(C)n1c(C(C)NC(=O)c2ccc(Br)cc2)nc2ccccc21. The summed E-state index contributed by atoms with van der Waals surface area (Å²) in [4.78, 5) is 29.2. The van der Waals surface area contributed by atoms with Crippen LogP contribution in [0, 0.1) is 0 Å². The van der Waals surface area contributed by atoms with Crippen LogP contribution in [-0.2, 0) is 4.79 Å². The summed E-state index contributed by atoms with van der Waals surface area (Å²) in [5.41, 5.74) is 2.26. The van der Waals surface area contributed by atoms with Gasteiger partial charge < -0.3 is 9.88 Å². The predicted octanol–water partition coefficient (Wildman–Crippen LogP) is 4.44. The number of hydrogen-bond donors (Lipinski definition) is 1. The summed E-state index contributed by atoms with van der Waals surface area (Å²) in [6, 6.07) is 14.1. The van der Waals surface area contributed by atoms with Gasteiger partial charge in [-0.25, -0.2) is 4.98 Å². The summed E-state index contributed by atoms with van der Waals surface area (Å²) >= 11 is 3.36. The molecule has 3 aromatic rings. The lowest BCUT2D eigenvalue weighted by atomic mass is 10.2. The molecule has 1 amide bonds. The van der Waals surface area contributed by atoms with Gasteiger partial charge in [-0.1, -0.05) is 28.1 Å². The van der Waals surface area contributed by atoms with Gasteiger partial charge in [-0.15, -0.1) is 0 Å². The van der Waals surface area contributed by atoms with Crippen LogP contribution in [0.1, 0.15) is 49.0 Å². The Hall–Kier alpha value is -2.47. The van der Waals surface area contributed by atoms with Crippen LogP contribution in [0.3, 0.4) is 0 Å². The number of aromatic nitrogens is 2. The Balaban J connectivity index is 1.96. The van der Waals surface area contributed by atoms with E-state index in [1.54, 1.807) is 19.1 Å². The largest absolute Gasteiger partial charge is 0.342 e. The number of rotatable bonds is 5. The number of Topliss-reactive ketones (excluding diaryl/α,β-unsaturated/α-hetero) is 1. The van der Waals surface area contributed by atoms with Crippen molar-refractivity contribution in [2.24, 2.45) is 0 Å². The third kappa shape index (κ3) is 3.55. The minimum Gasteiger partial charge on any atom is -0.342 e. The van der Waals surface area contributed by atoms with Crippen molar-refractivity contribution < 1.29 is 9.59 Å². The van der Waals surface area contributed by atoms with E-state index in [1.807, 2.05) is 54.8 Å². The average Bonchev–Trinajstić information content (AvgIpc) is 3.01. The van der Waals surface area contributed by atoms with Gasteiger partial charge in [0.25, 0.3) is 5.91 Å². The second-order valence-electron chi connectivity index (χ2n) is 6.32. The van der Waals surface area contributed by atoms with Crippen LogP contribution >= 0.6 is 15.9 Å². The molecule has 0 bridgehead atoms. The van der Waals surface area contributed by atoms with Crippen molar-refractivity contribution in [2.45, 2.75) is 32.9 Å². The molecule has 0 saturated carbocycles. The first-order valence-electron chi connectivity index (χ1n) is 8.42. The van der Waals surface area contributed by atoms with Crippen molar-refractivity contribution in [3.63, 3.8) is 0 Å². The summed E-state index contributed by atoms with van der Waals surface area (Å²) in [5.74, 6) is 0.527. The topological polar surface area (TPSA) is 64.0 Å². The number of imidazole rings is 1. The van der Waals surface area contributed by atoms with Gasteiger partial charge in [0.2, 0.25) is 0 Å². The lowest BCUT2D eigenvalue weighted by Crippen LogP contribution is -2.30. The van der Waals surface area contributed by atoms with Crippen molar-refractivity contribution in [1.29, 1.82) is 0 Å². The standard InChI is InChI=1S/C20H20BrN3O2/c1-12(22-20(26)15-8-10-16(21)11-9-15)19-23-17-6-4-5-7-18(17)24(19)13(2)14(3)25/h4-13H,1-3H3,(H,22,26). The van der Waals surface area contributed by atoms with Crippen molar-refractivity contribution in [3.05, 3.63) is 64.4 Å². The first kappa shape index (κ1) is 18.3. The normalized spacial score (nSPS) is 13.4. The highest BCUT2D eigenvalue weighted by atomic mass is 79.9. The molecule has 2 unspecified atom stereocenters. The minimum absolute atomic E-state index is 0.0424. The minimum atomic E-state index is -0.357. The van der Waals surface area contributed by atoms with Gasteiger partial charge in [-0.3, -0.25) is 9.59 Å². The Morgan fingerprint density at radius 1 is 1.08 bits per heavy atom. The maximum absolute atomic E-state index is 12.5. The molecule has 134 valence electrons. The first-order chi connectivity index (χ1) is 12.4. The molecule has 1 aromatic heterocycles. The van der Waals surface area contributed by atoms with Crippen LogP contribution in [0.25, 0.3) is 11.0 Å². The lowest BCUT2D eigenvalue weighted by Gasteiger charge is -2.19. The van der Waals surface area contributed by atoms with Crippen LogP contribution in [0.4, 0.5) is 0 Å². The number of benzene rings is 2. The first-order valence-corrected chi connectivity index (χ1v) is 9.21. The van der Waals surface area contributed by atoms with E-state index in [0.717, 1.165) is 15.5 Å². The Bertz CT molecular complexity index is 963. The van der Waals surface area contributed by atoms with E-state index < -0.39 is 0 Å². The van der Waals surface area contributed by atoms with Crippen LogP contribution in [-0.4, -0.2) is 21.2 Å². The third-order valence-electron chi connectivity index (χ3n) is 4.44. The maximum Gasteiger partial charge on any atom is 0.251 e. The highest BCUT2D eigenvalue weighted by Gasteiger charge is 2.23. The smallest absolute Gasteiger partial charge is 0.251 e. The zero-order valence-electron chi connectivity index (χ0n) is 14.9. The second kappa shape index (κ2) is 7.41. The lowest BCUT2D eigenvalue weighted by molar-refractivity contribution is -0.119. The van der Waals surface area contributed by atoms with Crippen molar-refractivity contribution >= 4 is 38.7 Å². The van der Waals surface area contributed by atoms with Crippen LogP contribution in [0.15, 0.2) is 53.0 Å². The molecule has 26 heavy (non-hydrogen) atoms.